The number of fused-ring (bicyclic) bond motifs is 3. The fourth-order valence-electron chi connectivity index (χ4n) is 2.34. The number of hydrogen-bond acceptors (Lipinski definition) is 3. The first-order valence-electron chi connectivity index (χ1n) is 5.70. The Morgan fingerprint density at radius 1 is 1.44 bits per heavy atom. The van der Waals surface area contributed by atoms with Gasteiger partial charge in [0.05, 0.1) is 6.61 Å². The molecule has 1 aromatic heterocycles. The third kappa shape index (κ3) is 1.48. The van der Waals surface area contributed by atoms with Crippen LogP contribution in [0.5, 0.6) is 5.75 Å². The van der Waals surface area contributed by atoms with Crippen molar-refractivity contribution < 1.29 is 14.6 Å². The highest BCUT2D eigenvalue weighted by Gasteiger charge is 2.25. The fraction of sp³-hybridized carbons (Fsp3) is 0.231. The van der Waals surface area contributed by atoms with Crippen LogP contribution >= 0.6 is 0 Å². The average Bonchev–Trinajstić information content (AvgIpc) is 2.57. The summed E-state index contributed by atoms with van der Waals surface area (Å²) in [5.41, 5.74) is 2.55. The smallest absolute Gasteiger partial charge is 0.354 e. The number of hydrogen-bond donors (Lipinski definition) is 1. The van der Waals surface area contributed by atoms with E-state index in [0.717, 1.165) is 16.9 Å². The second-order valence-electron chi connectivity index (χ2n) is 4.20. The van der Waals surface area contributed by atoms with Crippen molar-refractivity contribution in [3.63, 3.8) is 0 Å². The van der Waals surface area contributed by atoms with E-state index in [2.05, 4.69) is 5.10 Å². The first-order valence-corrected chi connectivity index (χ1v) is 5.70. The zero-order valence-electron chi connectivity index (χ0n) is 9.88. The van der Waals surface area contributed by atoms with Crippen LogP contribution in [0.3, 0.4) is 0 Å². The van der Waals surface area contributed by atoms with Crippen molar-refractivity contribution in [1.82, 2.24) is 9.78 Å². The second-order valence-corrected chi connectivity index (χ2v) is 4.20. The van der Waals surface area contributed by atoms with Gasteiger partial charge >= 0.3 is 5.97 Å². The number of ether oxygens (including phenoxy) is 1. The van der Waals surface area contributed by atoms with Gasteiger partial charge in [-0.2, -0.15) is 5.10 Å². The van der Waals surface area contributed by atoms with Crippen LogP contribution < -0.4 is 4.74 Å². The molecule has 0 atom stereocenters. The van der Waals surface area contributed by atoms with Crippen molar-refractivity contribution in [3.05, 3.63) is 35.5 Å². The van der Waals surface area contributed by atoms with Crippen molar-refractivity contribution in [1.29, 1.82) is 0 Å². The molecule has 2 heterocycles. The molecule has 0 unspecified atom stereocenters. The lowest BCUT2D eigenvalue weighted by Crippen LogP contribution is -2.10. The molecule has 1 aliphatic heterocycles. The molecule has 5 heteroatoms. The molecule has 3 rings (SSSR count). The summed E-state index contributed by atoms with van der Waals surface area (Å²) in [5, 5.41) is 13.6. The number of rotatable bonds is 1. The van der Waals surface area contributed by atoms with Crippen LogP contribution in [-0.4, -0.2) is 27.5 Å². The number of nitrogens with zero attached hydrogens (tertiary/aromatic N) is 2. The van der Waals surface area contributed by atoms with E-state index in [-0.39, 0.29) is 5.69 Å². The Morgan fingerprint density at radius 3 is 3.00 bits per heavy atom. The Labute approximate surface area is 104 Å². The van der Waals surface area contributed by atoms with Gasteiger partial charge in [-0.25, -0.2) is 4.79 Å². The van der Waals surface area contributed by atoms with Crippen molar-refractivity contribution >= 4 is 5.97 Å². The van der Waals surface area contributed by atoms with Crippen molar-refractivity contribution in [2.75, 3.05) is 6.61 Å². The molecular formula is C13H12N2O3. The Kier molecular flexibility index (Phi) is 2.33. The van der Waals surface area contributed by atoms with Gasteiger partial charge in [-0.1, -0.05) is 12.1 Å². The van der Waals surface area contributed by atoms with E-state index in [1.54, 1.807) is 7.05 Å². The van der Waals surface area contributed by atoms with Crippen LogP contribution in [0.2, 0.25) is 0 Å². The largest absolute Gasteiger partial charge is 0.493 e. The summed E-state index contributed by atoms with van der Waals surface area (Å²) in [7, 11) is 1.65. The van der Waals surface area contributed by atoms with E-state index in [0.29, 0.717) is 18.7 Å². The number of carboxylic acid groups (broad SMARTS) is 1. The van der Waals surface area contributed by atoms with Gasteiger partial charge in [0.15, 0.2) is 0 Å². The fourth-order valence-corrected chi connectivity index (χ4v) is 2.34. The van der Waals surface area contributed by atoms with Gasteiger partial charge in [0.2, 0.25) is 0 Å². The molecular weight excluding hydrogens is 232 g/mol. The van der Waals surface area contributed by atoms with E-state index < -0.39 is 5.97 Å². The lowest BCUT2D eigenvalue weighted by Gasteiger charge is -2.05. The molecule has 92 valence electrons. The van der Waals surface area contributed by atoms with Crippen LogP contribution in [0.1, 0.15) is 16.1 Å². The molecule has 0 fully saturated rings. The summed E-state index contributed by atoms with van der Waals surface area (Å²) in [6.45, 7) is 0.468. The summed E-state index contributed by atoms with van der Waals surface area (Å²) < 4.78 is 7.05. The number of carboxylic acids is 1. The lowest BCUT2D eigenvalue weighted by molar-refractivity contribution is 0.0683. The van der Waals surface area contributed by atoms with Crippen LogP contribution in [0.25, 0.3) is 11.3 Å². The Balaban J connectivity index is 2.29. The average molecular weight is 244 g/mol. The molecule has 0 amide bonds. The van der Waals surface area contributed by atoms with Crippen molar-refractivity contribution in [2.45, 2.75) is 6.42 Å². The zero-order chi connectivity index (χ0) is 12.7. The monoisotopic (exact) mass is 244 g/mol. The topological polar surface area (TPSA) is 64.4 Å². The summed E-state index contributed by atoms with van der Waals surface area (Å²) in [6, 6.07) is 7.56. The maximum absolute atomic E-state index is 11.3. The molecule has 1 aromatic carbocycles. The van der Waals surface area contributed by atoms with Crippen molar-refractivity contribution in [2.24, 2.45) is 7.05 Å². The second kappa shape index (κ2) is 3.87. The molecule has 0 saturated heterocycles. The van der Waals surface area contributed by atoms with E-state index in [9.17, 15) is 9.90 Å². The number of benzene rings is 1. The minimum atomic E-state index is -0.953. The number of aryl methyl sites for hydroxylation is 1. The maximum atomic E-state index is 11.3. The summed E-state index contributed by atoms with van der Waals surface area (Å²) >= 11 is 0. The summed E-state index contributed by atoms with van der Waals surface area (Å²) in [4.78, 5) is 11.3. The third-order valence-electron chi connectivity index (χ3n) is 3.10. The molecule has 1 aliphatic rings. The molecule has 0 saturated carbocycles. The Hall–Kier alpha value is -2.30. The Morgan fingerprint density at radius 2 is 2.22 bits per heavy atom. The molecule has 0 bridgehead atoms. The van der Waals surface area contributed by atoms with E-state index in [1.807, 2.05) is 24.3 Å². The highest BCUT2D eigenvalue weighted by Crippen LogP contribution is 2.35. The number of carbonyl (C=O) groups is 1. The van der Waals surface area contributed by atoms with E-state index in [4.69, 9.17) is 4.74 Å². The van der Waals surface area contributed by atoms with Gasteiger partial charge in [0.1, 0.15) is 17.1 Å². The number of aromatic nitrogens is 2. The van der Waals surface area contributed by atoms with Gasteiger partial charge in [0.25, 0.3) is 0 Å². The quantitative estimate of drug-likeness (QED) is 0.829. The number of aromatic carboxylic acids is 1. The summed E-state index contributed by atoms with van der Waals surface area (Å²) in [6.07, 6.45) is 0.555. The maximum Gasteiger partial charge on any atom is 0.354 e. The lowest BCUT2D eigenvalue weighted by atomic mass is 10.0. The highest BCUT2D eigenvalue weighted by molar-refractivity contribution is 5.90. The molecule has 0 aliphatic carbocycles. The minimum Gasteiger partial charge on any atom is -0.493 e. The predicted octanol–water partition coefficient (Wildman–Crippen LogP) is 1.72. The molecule has 5 nitrogen and oxygen atoms in total. The number of para-hydroxylation sites is 1. The highest BCUT2D eigenvalue weighted by atomic mass is 16.5. The standard InChI is InChI=1S/C13H12N2O3/c1-15-12(13(16)17)9-6-7-18-10-5-3-2-4-8(10)11(9)14-15/h2-5H,6-7H2,1H3,(H,16,17). The normalized spacial score (nSPS) is 13.2. The van der Waals surface area contributed by atoms with Gasteiger partial charge in [-0.15, -0.1) is 0 Å². The molecule has 0 radical (unpaired) electrons. The van der Waals surface area contributed by atoms with E-state index in [1.165, 1.54) is 4.68 Å². The van der Waals surface area contributed by atoms with Crippen LogP contribution in [0.4, 0.5) is 0 Å². The van der Waals surface area contributed by atoms with Crippen molar-refractivity contribution in [3.8, 4) is 17.0 Å². The van der Waals surface area contributed by atoms with Crippen LogP contribution in [-0.2, 0) is 13.5 Å². The predicted molar refractivity (Wildman–Crippen MR) is 64.8 cm³/mol. The minimum absolute atomic E-state index is 0.241. The van der Waals surface area contributed by atoms with Gasteiger partial charge in [0, 0.05) is 24.6 Å². The van der Waals surface area contributed by atoms with Crippen LogP contribution in [0.15, 0.2) is 24.3 Å². The van der Waals surface area contributed by atoms with Gasteiger partial charge in [-0.05, 0) is 12.1 Å². The first-order chi connectivity index (χ1) is 8.68. The summed E-state index contributed by atoms with van der Waals surface area (Å²) in [5.74, 6) is -0.197. The first kappa shape index (κ1) is 10.8. The van der Waals surface area contributed by atoms with Gasteiger partial charge < -0.3 is 9.84 Å². The van der Waals surface area contributed by atoms with Crippen LogP contribution in [0, 0.1) is 0 Å². The Bertz CT molecular complexity index is 631. The SMILES string of the molecule is Cn1nc2c(c1C(=O)O)CCOc1ccccc1-2. The van der Waals surface area contributed by atoms with E-state index >= 15 is 0 Å². The molecule has 18 heavy (non-hydrogen) atoms. The molecule has 1 N–H and O–H groups in total. The molecule has 0 spiro atoms. The van der Waals surface area contributed by atoms with Gasteiger partial charge in [-0.3, -0.25) is 4.68 Å². The zero-order valence-corrected chi connectivity index (χ0v) is 9.88. The molecule has 2 aromatic rings. The third-order valence-corrected chi connectivity index (χ3v) is 3.10.